The van der Waals surface area contributed by atoms with Gasteiger partial charge < -0.3 is 9.47 Å². The first-order valence-corrected chi connectivity index (χ1v) is 4.69. The lowest BCUT2D eigenvalue weighted by Crippen LogP contribution is -2.00. The molecule has 0 aromatic heterocycles. The summed E-state index contributed by atoms with van der Waals surface area (Å²) in [5, 5.41) is 0. The Morgan fingerprint density at radius 2 is 2.00 bits per heavy atom. The Kier molecular flexibility index (Phi) is 4.19. The van der Waals surface area contributed by atoms with Gasteiger partial charge in [0.15, 0.2) is 0 Å². The zero-order chi connectivity index (χ0) is 10.4. The van der Waals surface area contributed by atoms with Gasteiger partial charge in [-0.15, -0.1) is 0 Å². The second-order valence-electron chi connectivity index (χ2n) is 2.39. The highest BCUT2D eigenvalue weighted by molar-refractivity contribution is 9.12. The average molecular weight is 257 g/mol. The number of carbonyl (C=O) groups excluding carboxylic acids is 1. The molecule has 0 radical (unpaired) electrons. The van der Waals surface area contributed by atoms with Crippen LogP contribution in [0.25, 0.3) is 0 Å². The third-order valence-electron chi connectivity index (χ3n) is 1.42. The molecule has 1 rings (SSSR count). The predicted octanol–water partition coefficient (Wildman–Crippen LogP) is 2.47. The summed E-state index contributed by atoms with van der Waals surface area (Å²) in [5.74, 6) is 0.189. The Labute approximate surface area is 90.5 Å². The first kappa shape index (κ1) is 10.8. The topological polar surface area (TPSA) is 35.5 Å². The largest absolute Gasteiger partial charge is 0.465 e. The van der Waals surface area contributed by atoms with Gasteiger partial charge in [0.05, 0.1) is 7.11 Å². The van der Waals surface area contributed by atoms with Crippen LogP contribution < -0.4 is 4.74 Å². The number of halogens is 1. The molecule has 0 saturated carbocycles. The summed E-state index contributed by atoms with van der Waals surface area (Å²) in [6, 6.07) is 9.14. The van der Waals surface area contributed by atoms with Crippen molar-refractivity contribution >= 4 is 21.9 Å². The summed E-state index contributed by atoms with van der Waals surface area (Å²) in [6.45, 7) is 0. The van der Waals surface area contributed by atoms with Crippen molar-refractivity contribution in [2.75, 3.05) is 7.11 Å². The Morgan fingerprint density at radius 1 is 1.36 bits per heavy atom. The molecule has 0 heterocycles. The first-order valence-electron chi connectivity index (χ1n) is 3.89. The predicted molar refractivity (Wildman–Crippen MR) is 56.1 cm³/mol. The summed E-state index contributed by atoms with van der Waals surface area (Å²) >= 11 is 3.02. The van der Waals surface area contributed by atoms with Crippen LogP contribution in [0.2, 0.25) is 0 Å². The van der Waals surface area contributed by atoms with Gasteiger partial charge in [-0.05, 0) is 28.1 Å². The SMILES string of the molecule is COC(=O)C(Br)=COc1ccccc1. The molecule has 14 heavy (non-hydrogen) atoms. The van der Waals surface area contributed by atoms with E-state index in [0.717, 1.165) is 0 Å². The Bertz CT molecular complexity index is 332. The fourth-order valence-electron chi connectivity index (χ4n) is 0.764. The number of benzene rings is 1. The van der Waals surface area contributed by atoms with Crippen molar-refractivity contribution in [3.8, 4) is 5.75 Å². The van der Waals surface area contributed by atoms with E-state index in [-0.39, 0.29) is 4.48 Å². The molecule has 0 fully saturated rings. The summed E-state index contributed by atoms with van der Waals surface area (Å²) in [5.41, 5.74) is 0. The van der Waals surface area contributed by atoms with E-state index in [1.807, 2.05) is 18.2 Å². The van der Waals surface area contributed by atoms with Gasteiger partial charge in [0, 0.05) is 0 Å². The third kappa shape index (κ3) is 3.22. The number of carbonyl (C=O) groups is 1. The fourth-order valence-corrected chi connectivity index (χ4v) is 1.02. The van der Waals surface area contributed by atoms with Gasteiger partial charge in [0.2, 0.25) is 0 Å². The molecule has 0 spiro atoms. The molecule has 0 saturated heterocycles. The number of esters is 1. The molecule has 0 aliphatic heterocycles. The summed E-state index contributed by atoms with van der Waals surface area (Å²) in [6.07, 6.45) is 1.29. The number of para-hydroxylation sites is 1. The van der Waals surface area contributed by atoms with Gasteiger partial charge in [0.1, 0.15) is 16.5 Å². The highest BCUT2D eigenvalue weighted by atomic mass is 79.9. The van der Waals surface area contributed by atoms with Crippen molar-refractivity contribution in [3.05, 3.63) is 41.1 Å². The van der Waals surface area contributed by atoms with E-state index >= 15 is 0 Å². The average Bonchev–Trinajstić information content (AvgIpc) is 2.26. The van der Waals surface area contributed by atoms with Crippen LogP contribution in [0.4, 0.5) is 0 Å². The highest BCUT2D eigenvalue weighted by Crippen LogP contribution is 2.12. The van der Waals surface area contributed by atoms with E-state index in [9.17, 15) is 4.79 Å². The molecule has 0 unspecified atom stereocenters. The molecule has 3 nitrogen and oxygen atoms in total. The Hall–Kier alpha value is -1.29. The number of hydrogen-bond donors (Lipinski definition) is 0. The second-order valence-corrected chi connectivity index (χ2v) is 3.24. The lowest BCUT2D eigenvalue weighted by atomic mass is 10.3. The van der Waals surface area contributed by atoms with Gasteiger partial charge in [-0.1, -0.05) is 18.2 Å². The molecule has 0 N–H and O–H groups in total. The van der Waals surface area contributed by atoms with E-state index < -0.39 is 5.97 Å². The van der Waals surface area contributed by atoms with E-state index in [4.69, 9.17) is 4.74 Å². The first-order chi connectivity index (χ1) is 6.74. The minimum Gasteiger partial charge on any atom is -0.465 e. The summed E-state index contributed by atoms with van der Waals surface area (Å²) in [4.78, 5) is 10.9. The third-order valence-corrected chi connectivity index (χ3v) is 1.93. The van der Waals surface area contributed by atoms with Gasteiger partial charge >= 0.3 is 5.97 Å². The highest BCUT2D eigenvalue weighted by Gasteiger charge is 2.04. The maximum atomic E-state index is 10.9. The smallest absolute Gasteiger partial charge is 0.348 e. The van der Waals surface area contributed by atoms with Crippen LogP contribution in [0.15, 0.2) is 41.1 Å². The van der Waals surface area contributed by atoms with Crippen molar-refractivity contribution in [1.29, 1.82) is 0 Å². The molecule has 1 aromatic rings. The molecule has 74 valence electrons. The molecule has 4 heteroatoms. The molecule has 0 bridgehead atoms. The molecule has 0 aliphatic carbocycles. The fraction of sp³-hybridized carbons (Fsp3) is 0.100. The van der Waals surface area contributed by atoms with Crippen LogP contribution in [0, 0.1) is 0 Å². The van der Waals surface area contributed by atoms with E-state index in [0.29, 0.717) is 5.75 Å². The van der Waals surface area contributed by atoms with Gasteiger partial charge in [0.25, 0.3) is 0 Å². The molecule has 0 atom stereocenters. The summed E-state index contributed by atoms with van der Waals surface area (Å²) in [7, 11) is 1.31. The lowest BCUT2D eigenvalue weighted by Gasteiger charge is -2.00. The zero-order valence-corrected chi connectivity index (χ0v) is 9.15. The molecular weight excluding hydrogens is 248 g/mol. The van der Waals surface area contributed by atoms with Crippen LogP contribution in [0.5, 0.6) is 5.75 Å². The van der Waals surface area contributed by atoms with Crippen LogP contribution in [-0.2, 0) is 9.53 Å². The van der Waals surface area contributed by atoms with Crippen molar-refractivity contribution in [2.24, 2.45) is 0 Å². The van der Waals surface area contributed by atoms with E-state index in [2.05, 4.69) is 20.7 Å². The minimum atomic E-state index is -0.471. The van der Waals surface area contributed by atoms with Gasteiger partial charge in [-0.3, -0.25) is 0 Å². The molecule has 1 aromatic carbocycles. The van der Waals surface area contributed by atoms with Gasteiger partial charge in [-0.2, -0.15) is 0 Å². The zero-order valence-electron chi connectivity index (χ0n) is 7.57. The lowest BCUT2D eigenvalue weighted by molar-refractivity contribution is -0.135. The Morgan fingerprint density at radius 3 is 2.57 bits per heavy atom. The summed E-state index contributed by atoms with van der Waals surface area (Å²) < 4.78 is 9.89. The van der Waals surface area contributed by atoms with Crippen molar-refractivity contribution in [2.45, 2.75) is 0 Å². The van der Waals surface area contributed by atoms with Crippen molar-refractivity contribution in [3.63, 3.8) is 0 Å². The second kappa shape index (κ2) is 5.44. The van der Waals surface area contributed by atoms with Gasteiger partial charge in [-0.25, -0.2) is 4.79 Å². The van der Waals surface area contributed by atoms with Crippen LogP contribution in [0.1, 0.15) is 0 Å². The number of rotatable bonds is 3. The van der Waals surface area contributed by atoms with Crippen LogP contribution in [-0.4, -0.2) is 13.1 Å². The number of hydrogen-bond acceptors (Lipinski definition) is 3. The quantitative estimate of drug-likeness (QED) is 0.474. The maximum Gasteiger partial charge on any atom is 0.348 e. The molecule has 0 amide bonds. The van der Waals surface area contributed by atoms with Crippen molar-refractivity contribution in [1.82, 2.24) is 0 Å². The van der Waals surface area contributed by atoms with E-state index in [1.165, 1.54) is 13.4 Å². The van der Waals surface area contributed by atoms with E-state index in [1.54, 1.807) is 12.1 Å². The van der Waals surface area contributed by atoms with Crippen molar-refractivity contribution < 1.29 is 14.3 Å². The van der Waals surface area contributed by atoms with Crippen LogP contribution in [0.3, 0.4) is 0 Å². The van der Waals surface area contributed by atoms with Crippen LogP contribution >= 0.6 is 15.9 Å². The standard InChI is InChI=1S/C10H9BrO3/c1-13-10(12)9(11)7-14-8-5-3-2-4-6-8/h2-7H,1H3. The monoisotopic (exact) mass is 256 g/mol. The molecule has 0 aliphatic rings. The normalized spacial score (nSPS) is 10.9. The Balaban J connectivity index is 2.59. The maximum absolute atomic E-state index is 10.9. The number of methoxy groups -OCH3 is 1. The number of ether oxygens (including phenoxy) is 2. The minimum absolute atomic E-state index is 0.240. The molecular formula is C10H9BrO3.